The lowest BCUT2D eigenvalue weighted by Crippen LogP contribution is -2.54. The molecule has 0 aromatic heterocycles. The third-order valence-corrected chi connectivity index (χ3v) is 8.04. The van der Waals surface area contributed by atoms with Crippen molar-refractivity contribution in [1.29, 1.82) is 0 Å². The Bertz CT molecular complexity index is 746. The second kappa shape index (κ2) is 8.62. The predicted octanol–water partition coefficient (Wildman–Crippen LogP) is 3.45. The van der Waals surface area contributed by atoms with Crippen molar-refractivity contribution < 1.29 is 13.2 Å². The van der Waals surface area contributed by atoms with Crippen LogP contribution in [0.25, 0.3) is 0 Å². The first-order valence-electron chi connectivity index (χ1n) is 10.7. The third-order valence-electron chi connectivity index (χ3n) is 6.21. The van der Waals surface area contributed by atoms with Crippen molar-refractivity contribution >= 4 is 15.5 Å². The van der Waals surface area contributed by atoms with Crippen LogP contribution in [-0.2, 0) is 9.84 Å². The average molecular weight is 409 g/mol. The number of piperidine rings is 1. The maximum absolute atomic E-state index is 12.2. The van der Waals surface area contributed by atoms with Crippen LogP contribution in [0.5, 0.6) is 5.75 Å². The molecule has 28 heavy (non-hydrogen) atoms. The molecule has 3 aliphatic rings. The van der Waals surface area contributed by atoms with Crippen LogP contribution in [0.3, 0.4) is 0 Å². The first kappa shape index (κ1) is 21.4. The van der Waals surface area contributed by atoms with E-state index < -0.39 is 9.84 Å². The van der Waals surface area contributed by atoms with Crippen LogP contribution in [0, 0.1) is 11.3 Å². The smallest absolute Gasteiger partial charge is 0.151 e. The summed E-state index contributed by atoms with van der Waals surface area (Å²) in [5, 5.41) is 0. The van der Waals surface area contributed by atoms with Gasteiger partial charge in [-0.15, -0.1) is 0 Å². The summed E-state index contributed by atoms with van der Waals surface area (Å²) in [4.78, 5) is 4.94. The topological polar surface area (TPSA) is 49.9 Å². The maximum Gasteiger partial charge on any atom is 0.151 e. The molecule has 3 fully saturated rings. The molecule has 2 bridgehead atoms. The Labute approximate surface area is 171 Å². The SMILES string of the molecule is CCCS(=O)(=O)CCN1C[C@@H]2CN(c3ccc(OCC)cc3)[C@H](C1)C(C)(C)C2. The zero-order valence-electron chi connectivity index (χ0n) is 17.9. The first-order valence-corrected chi connectivity index (χ1v) is 12.5. The van der Waals surface area contributed by atoms with Gasteiger partial charge in [0.25, 0.3) is 0 Å². The fourth-order valence-corrected chi connectivity index (χ4v) is 6.34. The summed E-state index contributed by atoms with van der Waals surface area (Å²) in [5.41, 5.74) is 1.45. The van der Waals surface area contributed by atoms with Crippen LogP contribution in [-0.4, -0.2) is 63.7 Å². The molecule has 0 unspecified atom stereocenters. The highest BCUT2D eigenvalue weighted by Crippen LogP contribution is 2.43. The fourth-order valence-electron chi connectivity index (χ4n) is 4.97. The van der Waals surface area contributed by atoms with E-state index in [2.05, 4.69) is 47.9 Å². The van der Waals surface area contributed by atoms with Gasteiger partial charge in [0.15, 0.2) is 9.84 Å². The highest BCUT2D eigenvalue weighted by molar-refractivity contribution is 7.91. The van der Waals surface area contributed by atoms with Gasteiger partial charge in [-0.2, -0.15) is 0 Å². The molecule has 0 saturated carbocycles. The van der Waals surface area contributed by atoms with E-state index in [9.17, 15) is 8.42 Å². The largest absolute Gasteiger partial charge is 0.494 e. The van der Waals surface area contributed by atoms with E-state index in [1.165, 1.54) is 12.1 Å². The molecule has 3 saturated heterocycles. The van der Waals surface area contributed by atoms with E-state index in [4.69, 9.17) is 4.74 Å². The lowest BCUT2D eigenvalue weighted by Gasteiger charge is -2.48. The molecule has 1 aromatic rings. The van der Waals surface area contributed by atoms with Crippen LogP contribution in [0.1, 0.15) is 40.5 Å². The molecular formula is C22H36N2O3S. The summed E-state index contributed by atoms with van der Waals surface area (Å²) in [6.07, 6.45) is 1.90. The second-order valence-electron chi connectivity index (χ2n) is 9.07. The van der Waals surface area contributed by atoms with Crippen molar-refractivity contribution in [2.45, 2.75) is 46.6 Å². The van der Waals surface area contributed by atoms with E-state index in [0.717, 1.165) is 25.4 Å². The van der Waals surface area contributed by atoms with Crippen molar-refractivity contribution in [3.05, 3.63) is 24.3 Å². The summed E-state index contributed by atoms with van der Waals surface area (Å²) in [6.45, 7) is 13.0. The van der Waals surface area contributed by atoms with E-state index in [1.807, 2.05) is 13.8 Å². The minimum absolute atomic E-state index is 0.207. The Kier molecular flexibility index (Phi) is 6.60. The van der Waals surface area contributed by atoms with Gasteiger partial charge >= 0.3 is 0 Å². The molecular weight excluding hydrogens is 372 g/mol. The fraction of sp³-hybridized carbons (Fsp3) is 0.727. The minimum Gasteiger partial charge on any atom is -0.494 e. The molecule has 4 rings (SSSR count). The summed E-state index contributed by atoms with van der Waals surface area (Å²) >= 11 is 0. The van der Waals surface area contributed by atoms with Gasteiger partial charge in [-0.1, -0.05) is 20.8 Å². The Balaban J connectivity index is 1.75. The molecule has 1 aromatic carbocycles. The van der Waals surface area contributed by atoms with Gasteiger partial charge in [-0.05, 0) is 55.4 Å². The third kappa shape index (κ3) is 5.01. The highest BCUT2D eigenvalue weighted by atomic mass is 32.2. The molecule has 0 spiro atoms. The number of rotatable bonds is 8. The molecule has 2 atom stereocenters. The molecule has 0 aliphatic carbocycles. The van der Waals surface area contributed by atoms with Gasteiger partial charge in [0.05, 0.1) is 12.4 Å². The molecule has 6 heteroatoms. The van der Waals surface area contributed by atoms with E-state index in [1.54, 1.807) is 0 Å². The molecule has 158 valence electrons. The van der Waals surface area contributed by atoms with Gasteiger partial charge in [0.2, 0.25) is 0 Å². The lowest BCUT2D eigenvalue weighted by atomic mass is 9.73. The van der Waals surface area contributed by atoms with Gasteiger partial charge in [0, 0.05) is 43.7 Å². The molecule has 0 radical (unpaired) electrons. The number of nitrogens with zero attached hydrogens (tertiary/aromatic N) is 2. The summed E-state index contributed by atoms with van der Waals surface area (Å²) < 4.78 is 30.0. The number of benzene rings is 1. The van der Waals surface area contributed by atoms with Crippen LogP contribution in [0.4, 0.5) is 5.69 Å². The van der Waals surface area contributed by atoms with Crippen molar-refractivity contribution in [2.75, 3.05) is 49.2 Å². The Morgan fingerprint density at radius 2 is 1.79 bits per heavy atom. The highest BCUT2D eigenvalue weighted by Gasteiger charge is 2.45. The van der Waals surface area contributed by atoms with Crippen molar-refractivity contribution in [1.82, 2.24) is 4.90 Å². The molecule has 5 nitrogen and oxygen atoms in total. The number of sulfone groups is 1. The van der Waals surface area contributed by atoms with Crippen molar-refractivity contribution in [3.63, 3.8) is 0 Å². The van der Waals surface area contributed by atoms with Crippen LogP contribution < -0.4 is 9.64 Å². The summed E-state index contributed by atoms with van der Waals surface area (Å²) in [6, 6.07) is 8.83. The number of hydrogen-bond acceptors (Lipinski definition) is 5. The standard InChI is InChI=1S/C22H36N2O3S/c1-5-12-28(25,26)13-11-23-15-18-14-22(3,4)21(17-23)24(16-18)19-7-9-20(10-8-19)27-6-2/h7-10,18,21H,5-6,11-17H2,1-4H3/t18-,21-/m1/s1. The second-order valence-corrected chi connectivity index (χ2v) is 11.4. The number of fused-ring (bicyclic) bond motifs is 4. The Morgan fingerprint density at radius 1 is 1.07 bits per heavy atom. The van der Waals surface area contributed by atoms with E-state index >= 15 is 0 Å². The molecule has 3 aliphatic heterocycles. The van der Waals surface area contributed by atoms with Gasteiger partial charge < -0.3 is 9.64 Å². The van der Waals surface area contributed by atoms with E-state index in [-0.39, 0.29) is 11.2 Å². The average Bonchev–Trinajstić information content (AvgIpc) is 2.87. The number of anilines is 1. The Hall–Kier alpha value is -1.27. The van der Waals surface area contributed by atoms with Gasteiger partial charge in [-0.3, -0.25) is 4.90 Å². The van der Waals surface area contributed by atoms with Crippen molar-refractivity contribution in [2.24, 2.45) is 11.3 Å². The van der Waals surface area contributed by atoms with Crippen molar-refractivity contribution in [3.8, 4) is 5.75 Å². The zero-order valence-corrected chi connectivity index (χ0v) is 18.7. The van der Waals surface area contributed by atoms with Crippen LogP contribution in [0.15, 0.2) is 24.3 Å². The molecule has 3 heterocycles. The molecule has 0 N–H and O–H groups in total. The normalized spacial score (nSPS) is 24.9. The Morgan fingerprint density at radius 3 is 2.43 bits per heavy atom. The lowest BCUT2D eigenvalue weighted by molar-refractivity contribution is 0.191. The van der Waals surface area contributed by atoms with E-state index in [0.29, 0.717) is 37.3 Å². The molecule has 0 amide bonds. The monoisotopic (exact) mass is 408 g/mol. The first-order chi connectivity index (χ1) is 13.2. The van der Waals surface area contributed by atoms with Gasteiger partial charge in [0.1, 0.15) is 5.75 Å². The summed E-state index contributed by atoms with van der Waals surface area (Å²) in [7, 11) is -2.93. The zero-order chi connectivity index (χ0) is 20.4. The van der Waals surface area contributed by atoms with Gasteiger partial charge in [-0.25, -0.2) is 8.42 Å². The number of hydrogen-bond donors (Lipinski definition) is 0. The maximum atomic E-state index is 12.2. The summed E-state index contributed by atoms with van der Waals surface area (Å²) in [5.74, 6) is 2.06. The van der Waals surface area contributed by atoms with Crippen LogP contribution >= 0.6 is 0 Å². The number of ether oxygens (including phenoxy) is 1. The quantitative estimate of drug-likeness (QED) is 0.659. The minimum atomic E-state index is -2.93. The predicted molar refractivity (Wildman–Crippen MR) is 116 cm³/mol. The van der Waals surface area contributed by atoms with Crippen LogP contribution in [0.2, 0.25) is 0 Å².